The van der Waals surface area contributed by atoms with Gasteiger partial charge in [0, 0.05) is 27.8 Å². The van der Waals surface area contributed by atoms with E-state index in [0.717, 1.165) is 12.1 Å². The summed E-state index contributed by atoms with van der Waals surface area (Å²) in [5, 5.41) is 39.7. The Morgan fingerprint density at radius 3 is 1.80 bits per heavy atom. The molecule has 0 N–H and O–H groups in total. The zero-order valence-corrected chi connectivity index (χ0v) is 24.8. The van der Waals surface area contributed by atoms with Gasteiger partial charge in [0.1, 0.15) is 29.5 Å². The fourth-order valence-corrected chi connectivity index (χ4v) is 5.77. The summed E-state index contributed by atoms with van der Waals surface area (Å²) in [6, 6.07) is 13.0. The van der Waals surface area contributed by atoms with Gasteiger partial charge in [-0.15, -0.1) is 13.2 Å². The summed E-state index contributed by atoms with van der Waals surface area (Å²) in [7, 11) is 0. The van der Waals surface area contributed by atoms with Crippen LogP contribution in [0.2, 0.25) is 0 Å². The van der Waals surface area contributed by atoms with Crippen molar-refractivity contribution in [2.24, 2.45) is 0 Å². The first kappa shape index (κ1) is 33.4. The van der Waals surface area contributed by atoms with Gasteiger partial charge in [0.05, 0.1) is 49.6 Å². The third-order valence-corrected chi connectivity index (χ3v) is 7.72. The second-order valence-electron chi connectivity index (χ2n) is 10.2. The molecule has 0 bridgehead atoms. The quantitative estimate of drug-likeness (QED) is 0.157. The molecule has 0 spiro atoms. The lowest BCUT2D eigenvalue weighted by molar-refractivity contribution is -0.274. The number of halogens is 5. The molecule has 0 saturated carbocycles. The van der Waals surface area contributed by atoms with Gasteiger partial charge in [-0.3, -0.25) is 0 Å². The van der Waals surface area contributed by atoms with Crippen molar-refractivity contribution in [3.63, 3.8) is 0 Å². The molecule has 2 aliphatic rings. The molecule has 3 aromatic rings. The van der Waals surface area contributed by atoms with Gasteiger partial charge in [-0.25, -0.2) is 38.7 Å². The van der Waals surface area contributed by atoms with Crippen molar-refractivity contribution in [2.45, 2.75) is 13.3 Å². The van der Waals surface area contributed by atoms with Crippen LogP contribution in [0.15, 0.2) is 47.8 Å². The molecule has 0 saturated heterocycles. The Labute approximate surface area is 279 Å². The summed E-state index contributed by atoms with van der Waals surface area (Å²) in [6.45, 7) is 32.3. The Hall–Kier alpha value is -8.01. The Bertz CT molecular complexity index is 2590. The number of nitriles is 4. The van der Waals surface area contributed by atoms with Crippen molar-refractivity contribution >= 4 is 39.2 Å². The van der Waals surface area contributed by atoms with Crippen molar-refractivity contribution in [1.29, 1.82) is 21.0 Å². The Morgan fingerprint density at radius 1 is 0.720 bits per heavy atom. The molecule has 234 valence electrons. The van der Waals surface area contributed by atoms with Crippen molar-refractivity contribution in [3.8, 4) is 30.0 Å². The lowest BCUT2D eigenvalue weighted by Crippen LogP contribution is -2.17. The lowest BCUT2D eigenvalue weighted by atomic mass is 9.90. The third-order valence-electron chi connectivity index (χ3n) is 7.72. The van der Waals surface area contributed by atoms with E-state index in [1.165, 1.54) is 24.3 Å². The Balaban J connectivity index is 1.97. The summed E-state index contributed by atoms with van der Waals surface area (Å²) in [4.78, 5) is 13.1. The highest BCUT2D eigenvalue weighted by molar-refractivity contribution is 6.29. The molecule has 0 atom stereocenters. The number of rotatable bonds is 3. The summed E-state index contributed by atoms with van der Waals surface area (Å²) < 4.78 is 77.1. The Kier molecular flexibility index (Phi) is 8.21. The molecule has 5 rings (SSSR count). The monoisotopic (exact) mass is 664 g/mol. The first-order chi connectivity index (χ1) is 23.8. The van der Waals surface area contributed by atoms with E-state index in [1.807, 2.05) is 0 Å². The first-order valence-electron chi connectivity index (χ1n) is 13.5. The standard InChI is InChI=1S/C36H9F5N8O/c1-16-6-7-18(11-21(16)46-2)26-29(23(15-45)48-4)31-32(35(26)49-5)34(38)30-27(33(31)37)20(13-43)25(28(30)22(14-44)47-3)17-8-9-24(19(10-17)12-42)50-36(39,40)41/h6-11H,1H3/b28-22-,29-23+. The molecule has 0 fully saturated rings. The van der Waals surface area contributed by atoms with Crippen molar-refractivity contribution in [3.05, 3.63) is 150 Å². The van der Waals surface area contributed by atoms with Crippen LogP contribution in [0.1, 0.15) is 44.5 Å². The number of allylic oxidation sites excluding steroid dienone is 7. The maximum Gasteiger partial charge on any atom is 0.573 e. The maximum atomic E-state index is 17.2. The van der Waals surface area contributed by atoms with E-state index in [1.54, 1.807) is 25.1 Å². The molecule has 9 nitrogen and oxygen atoms in total. The summed E-state index contributed by atoms with van der Waals surface area (Å²) in [6.07, 6.45) is -5.20. The topological polar surface area (TPSA) is 122 Å². The van der Waals surface area contributed by atoms with Crippen LogP contribution in [0, 0.1) is 90.2 Å². The van der Waals surface area contributed by atoms with Crippen LogP contribution < -0.4 is 4.74 Å². The number of fused-ring (bicyclic) bond motifs is 2. The van der Waals surface area contributed by atoms with Crippen molar-refractivity contribution in [2.75, 3.05) is 0 Å². The highest BCUT2D eigenvalue weighted by Gasteiger charge is 2.44. The molecule has 0 aliphatic heterocycles. The zero-order chi connectivity index (χ0) is 36.7. The second kappa shape index (κ2) is 12.3. The molecule has 0 aromatic heterocycles. The minimum Gasteiger partial charge on any atom is -0.404 e. The van der Waals surface area contributed by atoms with E-state index in [-0.39, 0.29) is 22.4 Å². The number of aryl methyl sites for hydroxylation is 1. The molecule has 0 heterocycles. The number of ether oxygens (including phenoxy) is 1. The highest BCUT2D eigenvalue weighted by Crippen LogP contribution is 2.58. The molecule has 0 unspecified atom stereocenters. The number of nitrogens with zero attached hydrogens (tertiary/aromatic N) is 8. The molecular formula is C36H9F5N8O. The van der Waals surface area contributed by atoms with Gasteiger partial charge in [-0.1, -0.05) is 18.2 Å². The largest absolute Gasteiger partial charge is 0.573 e. The van der Waals surface area contributed by atoms with Crippen LogP contribution >= 0.6 is 0 Å². The lowest BCUT2D eigenvalue weighted by Gasteiger charge is -2.15. The van der Waals surface area contributed by atoms with Crippen molar-refractivity contribution in [1.82, 2.24) is 0 Å². The number of hydrogen-bond donors (Lipinski definition) is 0. The molecule has 50 heavy (non-hydrogen) atoms. The summed E-state index contributed by atoms with van der Waals surface area (Å²) in [5.74, 6) is -3.78. The van der Waals surface area contributed by atoms with Crippen LogP contribution in [-0.2, 0) is 0 Å². The highest BCUT2D eigenvalue weighted by atomic mass is 19.4. The first-order valence-corrected chi connectivity index (χ1v) is 13.5. The van der Waals surface area contributed by atoms with Gasteiger partial charge >= 0.3 is 6.36 Å². The average Bonchev–Trinajstić information content (AvgIpc) is 3.63. The molecule has 3 aromatic carbocycles. The molecular weight excluding hydrogens is 655 g/mol. The normalized spacial score (nSPS) is 14.8. The van der Waals surface area contributed by atoms with Gasteiger partial charge in [-0.05, 0) is 58.5 Å². The predicted molar refractivity (Wildman–Crippen MR) is 166 cm³/mol. The molecule has 0 radical (unpaired) electrons. The minimum atomic E-state index is -5.20. The molecule has 14 heteroatoms. The van der Waals surface area contributed by atoms with Gasteiger partial charge in [0.25, 0.3) is 11.4 Å². The van der Waals surface area contributed by atoms with Gasteiger partial charge in [0.2, 0.25) is 5.70 Å². The third kappa shape index (κ3) is 4.94. The van der Waals surface area contributed by atoms with Gasteiger partial charge in [-0.2, -0.15) is 10.5 Å². The average molecular weight is 665 g/mol. The number of benzene rings is 3. The molecule has 2 aliphatic carbocycles. The van der Waals surface area contributed by atoms with Crippen LogP contribution in [0.25, 0.3) is 52.9 Å². The Morgan fingerprint density at radius 2 is 1.28 bits per heavy atom. The van der Waals surface area contributed by atoms with Gasteiger partial charge in [0.15, 0.2) is 5.69 Å². The summed E-state index contributed by atoms with van der Waals surface area (Å²) >= 11 is 0. The van der Waals surface area contributed by atoms with Crippen LogP contribution in [0.4, 0.5) is 27.6 Å². The minimum absolute atomic E-state index is 0.0609. The maximum absolute atomic E-state index is 17.2. The van der Waals surface area contributed by atoms with E-state index >= 15 is 8.78 Å². The van der Waals surface area contributed by atoms with Crippen molar-refractivity contribution < 1.29 is 26.7 Å². The molecule has 0 amide bonds. The van der Waals surface area contributed by atoms with Crippen LogP contribution in [0.3, 0.4) is 0 Å². The number of alkyl halides is 3. The van der Waals surface area contributed by atoms with E-state index in [4.69, 9.17) is 26.3 Å². The number of hydrogen-bond acceptors (Lipinski definition) is 5. The van der Waals surface area contributed by atoms with E-state index in [0.29, 0.717) is 11.6 Å². The smallest absolute Gasteiger partial charge is 0.404 e. The second-order valence-corrected chi connectivity index (χ2v) is 10.2. The van der Waals surface area contributed by atoms with Crippen LogP contribution in [0.5, 0.6) is 5.75 Å². The van der Waals surface area contributed by atoms with E-state index in [9.17, 15) is 34.2 Å². The fourth-order valence-electron chi connectivity index (χ4n) is 5.77. The van der Waals surface area contributed by atoms with Gasteiger partial charge < -0.3 is 4.74 Å². The SMILES string of the molecule is [C-]#[N+]C1=C(c2ccc(C)c([N+]#[C-])c2)/C(=C(/C#N)[N+]#[C-])c2c(F)c3c(c(F)c21)/C(=C(/C#N)[N+]#[C-])C(c1ccc(OC(F)(F)F)c(C#N)c1)=C3C#N. The fraction of sp³-hybridized carbons (Fsp3) is 0.0556. The van der Waals surface area contributed by atoms with E-state index in [2.05, 4.69) is 24.1 Å². The summed E-state index contributed by atoms with van der Waals surface area (Å²) in [5.41, 5.74) is -8.32. The zero-order valence-electron chi connectivity index (χ0n) is 24.8. The predicted octanol–water partition coefficient (Wildman–Crippen LogP) is 9.15. The van der Waals surface area contributed by atoms with Crippen LogP contribution in [-0.4, -0.2) is 6.36 Å². The van der Waals surface area contributed by atoms with E-state index < -0.39 is 90.9 Å².